The van der Waals surface area contributed by atoms with E-state index in [2.05, 4.69) is 36.7 Å². The van der Waals surface area contributed by atoms with Gasteiger partial charge in [0.2, 0.25) is 0 Å². The number of para-hydroxylation sites is 1. The molecule has 100 valence electrons. The fraction of sp³-hybridized carbons (Fsp3) is 0.250. The maximum Gasteiger partial charge on any atom is 0.140 e. The molecule has 0 spiro atoms. The van der Waals surface area contributed by atoms with Crippen LogP contribution in [0.15, 0.2) is 47.4 Å². The highest BCUT2D eigenvalue weighted by Gasteiger charge is 2.06. The van der Waals surface area contributed by atoms with Gasteiger partial charge in [-0.25, -0.2) is 0 Å². The SMILES string of the molecule is CNCc1ccc(Oc2ccccc2SC)c(C)c1. The van der Waals surface area contributed by atoms with E-state index >= 15 is 0 Å². The van der Waals surface area contributed by atoms with Crippen molar-refractivity contribution >= 4 is 11.8 Å². The standard InChI is InChI=1S/C16H19NOS/c1-12-10-13(11-17-2)8-9-14(12)18-15-6-4-5-7-16(15)19-3/h4-10,17H,11H2,1-3H3. The molecule has 2 nitrogen and oxygen atoms in total. The molecule has 0 fully saturated rings. The van der Waals surface area contributed by atoms with Gasteiger partial charge in [0.15, 0.2) is 0 Å². The van der Waals surface area contributed by atoms with Crippen molar-refractivity contribution in [3.8, 4) is 11.5 Å². The summed E-state index contributed by atoms with van der Waals surface area (Å²) in [7, 11) is 1.95. The highest BCUT2D eigenvalue weighted by Crippen LogP contribution is 2.32. The zero-order valence-corrected chi connectivity index (χ0v) is 12.4. The molecule has 0 saturated heterocycles. The minimum absolute atomic E-state index is 0.877. The van der Waals surface area contributed by atoms with Gasteiger partial charge in [0.25, 0.3) is 0 Å². The average molecular weight is 273 g/mol. The fourth-order valence-corrected chi connectivity index (χ4v) is 2.49. The Bertz CT molecular complexity index is 554. The number of thioether (sulfide) groups is 1. The van der Waals surface area contributed by atoms with Crippen molar-refractivity contribution in [2.75, 3.05) is 13.3 Å². The monoisotopic (exact) mass is 273 g/mol. The van der Waals surface area contributed by atoms with Gasteiger partial charge in [-0.3, -0.25) is 0 Å². The van der Waals surface area contributed by atoms with Gasteiger partial charge in [-0.15, -0.1) is 11.8 Å². The summed E-state index contributed by atoms with van der Waals surface area (Å²) < 4.78 is 6.02. The lowest BCUT2D eigenvalue weighted by Crippen LogP contribution is -2.05. The summed E-state index contributed by atoms with van der Waals surface area (Å²) in [5.74, 6) is 1.83. The predicted octanol–water partition coefficient (Wildman–Crippen LogP) is 4.23. The molecule has 0 aliphatic heterocycles. The smallest absolute Gasteiger partial charge is 0.140 e. The lowest BCUT2D eigenvalue weighted by Gasteiger charge is -2.12. The van der Waals surface area contributed by atoms with Crippen LogP contribution in [0, 0.1) is 6.92 Å². The van der Waals surface area contributed by atoms with Crippen molar-refractivity contribution in [1.82, 2.24) is 5.32 Å². The molecule has 0 bridgehead atoms. The Kier molecular flexibility index (Phi) is 4.88. The third kappa shape index (κ3) is 3.52. The zero-order chi connectivity index (χ0) is 13.7. The lowest BCUT2D eigenvalue weighted by molar-refractivity contribution is 0.467. The number of ether oxygens (including phenoxy) is 1. The Morgan fingerprint density at radius 2 is 1.89 bits per heavy atom. The van der Waals surface area contributed by atoms with Crippen LogP contribution in [0.3, 0.4) is 0 Å². The molecule has 1 N–H and O–H groups in total. The molecule has 0 amide bonds. The van der Waals surface area contributed by atoms with Gasteiger partial charge in [-0.1, -0.05) is 24.3 Å². The molecule has 3 heteroatoms. The second-order valence-electron chi connectivity index (χ2n) is 4.38. The highest BCUT2D eigenvalue weighted by molar-refractivity contribution is 7.98. The van der Waals surface area contributed by atoms with Gasteiger partial charge in [-0.2, -0.15) is 0 Å². The number of benzene rings is 2. The minimum atomic E-state index is 0.877. The van der Waals surface area contributed by atoms with E-state index in [-0.39, 0.29) is 0 Å². The number of aryl methyl sites for hydroxylation is 1. The van der Waals surface area contributed by atoms with Gasteiger partial charge >= 0.3 is 0 Å². The summed E-state index contributed by atoms with van der Waals surface area (Å²) in [6.45, 7) is 2.96. The maximum absolute atomic E-state index is 6.02. The van der Waals surface area contributed by atoms with Crippen LogP contribution in [0.1, 0.15) is 11.1 Å². The Hall–Kier alpha value is -1.45. The summed E-state index contributed by atoms with van der Waals surface area (Å²) in [5.41, 5.74) is 2.43. The first-order chi connectivity index (χ1) is 9.24. The molecule has 19 heavy (non-hydrogen) atoms. The average Bonchev–Trinajstić information content (AvgIpc) is 2.43. The van der Waals surface area contributed by atoms with Crippen molar-refractivity contribution < 1.29 is 4.74 Å². The van der Waals surface area contributed by atoms with Gasteiger partial charge in [0.05, 0.1) is 0 Å². The summed E-state index contributed by atoms with van der Waals surface area (Å²) in [5, 5.41) is 3.15. The van der Waals surface area contributed by atoms with Crippen LogP contribution in [0.4, 0.5) is 0 Å². The van der Waals surface area contributed by atoms with E-state index in [9.17, 15) is 0 Å². The second kappa shape index (κ2) is 6.64. The van der Waals surface area contributed by atoms with Crippen molar-refractivity contribution in [3.05, 3.63) is 53.6 Å². The number of hydrogen-bond donors (Lipinski definition) is 1. The Morgan fingerprint density at radius 1 is 1.11 bits per heavy atom. The lowest BCUT2D eigenvalue weighted by atomic mass is 10.1. The second-order valence-corrected chi connectivity index (χ2v) is 5.23. The van der Waals surface area contributed by atoms with Crippen molar-refractivity contribution in [2.24, 2.45) is 0 Å². The van der Waals surface area contributed by atoms with E-state index in [0.29, 0.717) is 0 Å². The van der Waals surface area contributed by atoms with Crippen LogP contribution in [0.2, 0.25) is 0 Å². The predicted molar refractivity (Wildman–Crippen MR) is 82.2 cm³/mol. The van der Waals surface area contributed by atoms with E-state index in [1.807, 2.05) is 31.3 Å². The molecule has 0 heterocycles. The first-order valence-corrected chi connectivity index (χ1v) is 7.52. The van der Waals surface area contributed by atoms with E-state index in [4.69, 9.17) is 4.74 Å². The number of hydrogen-bond acceptors (Lipinski definition) is 3. The topological polar surface area (TPSA) is 21.3 Å². The van der Waals surface area contributed by atoms with Gasteiger partial charge in [0.1, 0.15) is 11.5 Å². The normalized spacial score (nSPS) is 10.5. The van der Waals surface area contributed by atoms with Gasteiger partial charge < -0.3 is 10.1 Å². The first-order valence-electron chi connectivity index (χ1n) is 6.29. The van der Waals surface area contributed by atoms with Crippen LogP contribution in [0.25, 0.3) is 0 Å². The Balaban J connectivity index is 2.23. The minimum Gasteiger partial charge on any atom is -0.456 e. The molecule has 0 radical (unpaired) electrons. The molecule has 0 aliphatic carbocycles. The molecular formula is C16H19NOS. The van der Waals surface area contributed by atoms with E-state index in [1.54, 1.807) is 11.8 Å². The van der Waals surface area contributed by atoms with Gasteiger partial charge in [0, 0.05) is 11.4 Å². The molecule has 2 aromatic rings. The summed E-state index contributed by atoms with van der Waals surface area (Å²) >= 11 is 1.70. The fourth-order valence-electron chi connectivity index (χ4n) is 1.96. The van der Waals surface area contributed by atoms with Crippen molar-refractivity contribution in [1.29, 1.82) is 0 Å². The van der Waals surface area contributed by atoms with Crippen LogP contribution in [-0.2, 0) is 6.54 Å². The highest BCUT2D eigenvalue weighted by atomic mass is 32.2. The molecular weight excluding hydrogens is 254 g/mol. The molecule has 0 unspecified atom stereocenters. The van der Waals surface area contributed by atoms with E-state index < -0.39 is 0 Å². The third-order valence-electron chi connectivity index (χ3n) is 2.91. The van der Waals surface area contributed by atoms with Crippen LogP contribution in [0.5, 0.6) is 11.5 Å². The molecule has 0 atom stereocenters. The van der Waals surface area contributed by atoms with Crippen LogP contribution >= 0.6 is 11.8 Å². The summed E-state index contributed by atoms with van der Waals surface area (Å²) in [6.07, 6.45) is 2.06. The van der Waals surface area contributed by atoms with Crippen LogP contribution < -0.4 is 10.1 Å². The third-order valence-corrected chi connectivity index (χ3v) is 3.69. The number of rotatable bonds is 5. The molecule has 0 aromatic heterocycles. The van der Waals surface area contributed by atoms with Crippen molar-refractivity contribution in [2.45, 2.75) is 18.4 Å². The zero-order valence-electron chi connectivity index (χ0n) is 11.6. The maximum atomic E-state index is 6.02. The Labute approximate surface area is 119 Å². The first kappa shape index (κ1) is 14.0. The summed E-state index contributed by atoms with van der Waals surface area (Å²) in [4.78, 5) is 1.15. The Morgan fingerprint density at radius 3 is 2.58 bits per heavy atom. The summed E-state index contributed by atoms with van der Waals surface area (Å²) in [6, 6.07) is 14.4. The molecule has 2 rings (SSSR count). The van der Waals surface area contributed by atoms with Gasteiger partial charge in [-0.05, 0) is 49.6 Å². The van der Waals surface area contributed by atoms with Crippen LogP contribution in [-0.4, -0.2) is 13.3 Å². The van der Waals surface area contributed by atoms with Crippen molar-refractivity contribution in [3.63, 3.8) is 0 Å². The van der Waals surface area contributed by atoms with E-state index in [0.717, 1.165) is 28.5 Å². The largest absolute Gasteiger partial charge is 0.456 e. The number of nitrogens with one attached hydrogen (secondary N) is 1. The molecule has 2 aromatic carbocycles. The van der Waals surface area contributed by atoms with E-state index in [1.165, 1.54) is 5.56 Å². The molecule has 0 saturated carbocycles. The quantitative estimate of drug-likeness (QED) is 0.824. The molecule has 0 aliphatic rings.